The number of sulfonamides is 1. The summed E-state index contributed by atoms with van der Waals surface area (Å²) in [5.41, 5.74) is 0.964. The van der Waals surface area contributed by atoms with Gasteiger partial charge >= 0.3 is 0 Å². The first-order valence-corrected chi connectivity index (χ1v) is 12.8. The number of rotatable bonds is 9. The van der Waals surface area contributed by atoms with E-state index < -0.39 is 21.7 Å². The van der Waals surface area contributed by atoms with E-state index in [4.69, 9.17) is 4.74 Å². The number of hydrogen-bond donors (Lipinski definition) is 1. The van der Waals surface area contributed by atoms with Crippen LogP contribution in [0, 0.1) is 5.82 Å². The van der Waals surface area contributed by atoms with Gasteiger partial charge in [0.1, 0.15) is 17.3 Å². The van der Waals surface area contributed by atoms with Crippen LogP contribution in [0.4, 0.5) is 10.1 Å². The molecule has 0 spiro atoms. The number of hydrogen-bond acceptors (Lipinski definition) is 6. The molecule has 176 valence electrons. The second-order valence-electron chi connectivity index (χ2n) is 6.85. The van der Waals surface area contributed by atoms with Crippen LogP contribution in [-0.4, -0.2) is 54.6 Å². The van der Waals surface area contributed by atoms with Crippen LogP contribution >= 0.6 is 11.8 Å². The van der Waals surface area contributed by atoms with Crippen molar-refractivity contribution in [2.45, 2.75) is 23.9 Å². The number of aromatic nitrogens is 2. The highest BCUT2D eigenvalue weighted by Gasteiger charge is 2.24. The van der Waals surface area contributed by atoms with Gasteiger partial charge in [0.2, 0.25) is 10.0 Å². The van der Waals surface area contributed by atoms with Crippen LogP contribution in [-0.2, 0) is 10.0 Å². The lowest BCUT2D eigenvalue weighted by atomic mass is 10.2. The van der Waals surface area contributed by atoms with Gasteiger partial charge in [0, 0.05) is 18.8 Å². The molecule has 0 saturated carbocycles. The van der Waals surface area contributed by atoms with Crippen LogP contribution in [0.3, 0.4) is 0 Å². The van der Waals surface area contributed by atoms with E-state index in [0.717, 1.165) is 0 Å². The van der Waals surface area contributed by atoms with E-state index in [1.165, 1.54) is 59.7 Å². The fourth-order valence-electron chi connectivity index (χ4n) is 3.32. The number of nitrogens with zero attached hydrogens (tertiary/aromatic N) is 3. The molecule has 0 aliphatic rings. The van der Waals surface area contributed by atoms with Gasteiger partial charge in [0.25, 0.3) is 5.91 Å². The first-order valence-electron chi connectivity index (χ1n) is 10.1. The molecule has 11 heteroatoms. The quantitative estimate of drug-likeness (QED) is 0.454. The molecule has 3 aromatic rings. The Bertz CT molecular complexity index is 1240. The number of imidazole rings is 1. The summed E-state index contributed by atoms with van der Waals surface area (Å²) in [4.78, 5) is 17.5. The molecule has 1 N–H and O–H groups in total. The van der Waals surface area contributed by atoms with Crippen LogP contribution in [0.2, 0.25) is 0 Å². The molecule has 0 radical (unpaired) electrons. The predicted molar refractivity (Wildman–Crippen MR) is 126 cm³/mol. The lowest BCUT2D eigenvalue weighted by Crippen LogP contribution is -2.30. The van der Waals surface area contributed by atoms with Crippen LogP contribution in [0.25, 0.3) is 5.69 Å². The zero-order valence-electron chi connectivity index (χ0n) is 18.7. The zero-order valence-corrected chi connectivity index (χ0v) is 20.3. The summed E-state index contributed by atoms with van der Waals surface area (Å²) in [6, 6.07) is 10.00. The lowest BCUT2D eigenvalue weighted by molar-refractivity contribution is 0.101. The van der Waals surface area contributed by atoms with Gasteiger partial charge in [0.15, 0.2) is 5.16 Å². The molecule has 0 fully saturated rings. The number of methoxy groups -OCH3 is 1. The van der Waals surface area contributed by atoms with Crippen molar-refractivity contribution in [2.24, 2.45) is 0 Å². The number of thioether (sulfide) groups is 1. The van der Waals surface area contributed by atoms with Crippen molar-refractivity contribution in [1.29, 1.82) is 0 Å². The predicted octanol–water partition coefficient (Wildman–Crippen LogP) is 4.02. The third-order valence-corrected chi connectivity index (χ3v) is 7.69. The Morgan fingerprint density at radius 1 is 1.18 bits per heavy atom. The molecule has 0 saturated heterocycles. The lowest BCUT2D eigenvalue weighted by Gasteiger charge is -2.20. The molecule has 0 aliphatic heterocycles. The van der Waals surface area contributed by atoms with Gasteiger partial charge in [-0.2, -0.15) is 4.31 Å². The van der Waals surface area contributed by atoms with E-state index in [9.17, 15) is 17.6 Å². The van der Waals surface area contributed by atoms with Gasteiger partial charge in [-0.15, -0.1) is 0 Å². The molecular formula is C22H25FN4O4S2. The number of nitrogens with one attached hydrogen (secondary N) is 1. The van der Waals surface area contributed by atoms with Gasteiger partial charge in [-0.1, -0.05) is 25.6 Å². The number of carbonyl (C=O) groups is 1. The van der Waals surface area contributed by atoms with E-state index in [1.54, 1.807) is 30.5 Å². The third-order valence-electron chi connectivity index (χ3n) is 4.99. The summed E-state index contributed by atoms with van der Waals surface area (Å²) in [5, 5.41) is 3.27. The van der Waals surface area contributed by atoms with E-state index in [1.807, 2.05) is 6.26 Å². The minimum atomic E-state index is -3.73. The molecule has 8 nitrogen and oxygen atoms in total. The first kappa shape index (κ1) is 24.7. The van der Waals surface area contributed by atoms with Crippen molar-refractivity contribution in [2.75, 3.05) is 31.8 Å². The van der Waals surface area contributed by atoms with Crippen molar-refractivity contribution >= 4 is 33.4 Å². The van der Waals surface area contributed by atoms with Crippen LogP contribution in [0.1, 0.15) is 24.3 Å². The minimum Gasteiger partial charge on any atom is -0.495 e. The molecule has 0 unspecified atom stereocenters. The normalized spacial score (nSPS) is 11.6. The highest BCUT2D eigenvalue weighted by Crippen LogP contribution is 2.30. The number of carbonyl (C=O) groups excluding carboxylic acids is 1. The van der Waals surface area contributed by atoms with Gasteiger partial charge in [0.05, 0.1) is 23.9 Å². The topological polar surface area (TPSA) is 93.5 Å². The molecular weight excluding hydrogens is 467 g/mol. The average Bonchev–Trinajstić information content (AvgIpc) is 3.24. The molecule has 0 aliphatic carbocycles. The number of benzene rings is 2. The van der Waals surface area contributed by atoms with Gasteiger partial charge in [-0.25, -0.2) is 17.8 Å². The summed E-state index contributed by atoms with van der Waals surface area (Å²) < 4.78 is 47.5. The summed E-state index contributed by atoms with van der Waals surface area (Å²) in [6.07, 6.45) is 3.22. The number of anilines is 1. The monoisotopic (exact) mass is 492 g/mol. The molecule has 0 bridgehead atoms. The third kappa shape index (κ3) is 5.05. The van der Waals surface area contributed by atoms with E-state index in [2.05, 4.69) is 10.3 Å². The fraction of sp³-hybridized carbons (Fsp3) is 0.273. The minimum absolute atomic E-state index is 0.0409. The molecule has 1 amide bonds. The molecule has 3 rings (SSSR count). The SMILES string of the molecule is CCN(CC)S(=O)(=O)c1ccc(OC)c(NC(=O)c2cnc(SC)n2-c2ccc(F)cc2)c1. The first-order chi connectivity index (χ1) is 15.8. The van der Waals surface area contributed by atoms with Gasteiger partial charge < -0.3 is 10.1 Å². The Morgan fingerprint density at radius 2 is 1.85 bits per heavy atom. The smallest absolute Gasteiger partial charge is 0.274 e. The second kappa shape index (κ2) is 10.4. The molecule has 1 heterocycles. The van der Waals surface area contributed by atoms with Crippen LogP contribution in [0.15, 0.2) is 58.7 Å². The van der Waals surface area contributed by atoms with Crippen LogP contribution in [0.5, 0.6) is 5.75 Å². The average molecular weight is 493 g/mol. The summed E-state index contributed by atoms with van der Waals surface area (Å²) in [6.45, 7) is 4.15. The van der Waals surface area contributed by atoms with E-state index >= 15 is 0 Å². The zero-order chi connectivity index (χ0) is 24.2. The second-order valence-corrected chi connectivity index (χ2v) is 9.56. The number of amides is 1. The van der Waals surface area contributed by atoms with Gasteiger partial charge in [-0.3, -0.25) is 9.36 Å². The maximum atomic E-state index is 13.4. The summed E-state index contributed by atoms with van der Waals surface area (Å²) >= 11 is 1.33. The summed E-state index contributed by atoms with van der Waals surface area (Å²) in [5.74, 6) is -0.617. The van der Waals surface area contributed by atoms with Gasteiger partial charge in [-0.05, 0) is 48.7 Å². The molecule has 0 atom stereocenters. The highest BCUT2D eigenvalue weighted by atomic mass is 32.2. The van der Waals surface area contributed by atoms with Crippen molar-refractivity contribution in [3.8, 4) is 11.4 Å². The highest BCUT2D eigenvalue weighted by molar-refractivity contribution is 7.98. The number of ether oxygens (including phenoxy) is 1. The Hall–Kier alpha value is -2.89. The van der Waals surface area contributed by atoms with Crippen molar-refractivity contribution in [3.63, 3.8) is 0 Å². The Balaban J connectivity index is 2.02. The van der Waals surface area contributed by atoms with Crippen molar-refractivity contribution in [3.05, 3.63) is 60.2 Å². The summed E-state index contributed by atoms with van der Waals surface area (Å²) in [7, 11) is -2.31. The van der Waals surface area contributed by atoms with Crippen LogP contribution < -0.4 is 10.1 Å². The maximum Gasteiger partial charge on any atom is 0.274 e. The number of halogens is 1. The fourth-order valence-corrected chi connectivity index (χ4v) is 5.35. The maximum absolute atomic E-state index is 13.4. The Labute approximate surface area is 196 Å². The molecule has 1 aromatic heterocycles. The van der Waals surface area contributed by atoms with Crippen molar-refractivity contribution < 1.29 is 22.3 Å². The van der Waals surface area contributed by atoms with Crippen molar-refractivity contribution in [1.82, 2.24) is 13.9 Å². The van der Waals surface area contributed by atoms with E-state index in [0.29, 0.717) is 29.7 Å². The largest absolute Gasteiger partial charge is 0.495 e. The Morgan fingerprint density at radius 3 is 2.42 bits per heavy atom. The standard InChI is InChI=1S/C22H25FN4O4S2/c1-5-26(6-2)33(29,30)17-11-12-20(31-3)18(13-17)25-21(28)19-14-24-22(32-4)27(19)16-9-7-15(23)8-10-16/h7-14H,5-6H2,1-4H3,(H,25,28). The Kier molecular flexibility index (Phi) is 7.77. The molecule has 33 heavy (non-hydrogen) atoms. The molecule has 2 aromatic carbocycles. The van der Waals surface area contributed by atoms with E-state index in [-0.39, 0.29) is 16.3 Å².